The van der Waals surface area contributed by atoms with Crippen LogP contribution in [0.1, 0.15) is 19.4 Å². The smallest absolute Gasteiger partial charge is 0.311 e. The summed E-state index contributed by atoms with van der Waals surface area (Å²) in [6, 6.07) is 4.21. The minimum Gasteiger partial charge on any atom is -0.494 e. The summed E-state index contributed by atoms with van der Waals surface area (Å²) in [5, 5.41) is 2.55. The second kappa shape index (κ2) is 7.47. The number of nitrogens with one attached hydrogen (secondary N) is 1. The van der Waals surface area contributed by atoms with E-state index >= 15 is 0 Å². The zero-order chi connectivity index (χ0) is 15.1. The number of ether oxygens (including phenoxy) is 2. The lowest BCUT2D eigenvalue weighted by Crippen LogP contribution is -2.35. The summed E-state index contributed by atoms with van der Waals surface area (Å²) in [5.74, 6) is -1.39. The summed E-state index contributed by atoms with van der Waals surface area (Å²) in [4.78, 5) is 23.0. The minimum absolute atomic E-state index is 0.106. The molecule has 0 bridgehead atoms. The first-order valence-corrected chi connectivity index (χ1v) is 6.27. The lowest BCUT2D eigenvalue weighted by molar-refractivity contribution is -0.154. The fourth-order valence-electron chi connectivity index (χ4n) is 1.60. The highest BCUT2D eigenvalue weighted by atomic mass is 19.1. The van der Waals surface area contributed by atoms with Crippen molar-refractivity contribution in [3.05, 3.63) is 29.6 Å². The van der Waals surface area contributed by atoms with Gasteiger partial charge in [-0.05, 0) is 31.5 Å². The van der Waals surface area contributed by atoms with E-state index in [2.05, 4.69) is 5.32 Å². The quantitative estimate of drug-likeness (QED) is 0.802. The van der Waals surface area contributed by atoms with Crippen LogP contribution in [0.3, 0.4) is 0 Å². The molecule has 1 aromatic rings. The van der Waals surface area contributed by atoms with Gasteiger partial charge in [-0.25, -0.2) is 4.39 Å². The highest BCUT2D eigenvalue weighted by Crippen LogP contribution is 2.18. The van der Waals surface area contributed by atoms with Crippen molar-refractivity contribution in [2.24, 2.45) is 0 Å². The lowest BCUT2D eigenvalue weighted by atomic mass is 10.1. The monoisotopic (exact) mass is 283 g/mol. The van der Waals surface area contributed by atoms with Crippen LogP contribution in [0.2, 0.25) is 0 Å². The second-order valence-corrected chi connectivity index (χ2v) is 4.17. The number of hydrogen-bond acceptors (Lipinski definition) is 4. The minimum atomic E-state index is -0.870. The van der Waals surface area contributed by atoms with Crippen molar-refractivity contribution in [1.82, 2.24) is 5.32 Å². The summed E-state index contributed by atoms with van der Waals surface area (Å²) >= 11 is 0. The molecule has 0 saturated heterocycles. The van der Waals surface area contributed by atoms with Crippen molar-refractivity contribution < 1.29 is 23.5 Å². The molecule has 0 aliphatic rings. The first kappa shape index (κ1) is 15.9. The lowest BCUT2D eigenvalue weighted by Gasteiger charge is -2.12. The Balaban J connectivity index is 2.58. The molecule has 0 aliphatic carbocycles. The molecule has 6 heteroatoms. The number of likely N-dealkylation sites (N-methyl/N-ethyl adjacent to an activating group) is 1. The van der Waals surface area contributed by atoms with Gasteiger partial charge in [-0.3, -0.25) is 9.59 Å². The number of rotatable bonds is 6. The van der Waals surface area contributed by atoms with Gasteiger partial charge in [0.05, 0.1) is 13.5 Å². The van der Waals surface area contributed by atoms with Gasteiger partial charge in [-0.1, -0.05) is 6.07 Å². The van der Waals surface area contributed by atoms with Crippen LogP contribution in [0.5, 0.6) is 5.75 Å². The molecule has 1 amide bonds. The zero-order valence-electron chi connectivity index (χ0n) is 11.7. The van der Waals surface area contributed by atoms with Gasteiger partial charge < -0.3 is 14.8 Å². The Morgan fingerprint density at radius 2 is 2.10 bits per heavy atom. The summed E-state index contributed by atoms with van der Waals surface area (Å²) in [6.07, 6.45) is -0.976. The van der Waals surface area contributed by atoms with Gasteiger partial charge in [0.1, 0.15) is 0 Å². The predicted octanol–water partition coefficient (Wildman–Crippen LogP) is 1.44. The summed E-state index contributed by atoms with van der Waals surface area (Å²) in [5.41, 5.74) is 0.455. The van der Waals surface area contributed by atoms with Gasteiger partial charge in [-0.2, -0.15) is 0 Å². The van der Waals surface area contributed by atoms with E-state index in [4.69, 9.17) is 9.47 Å². The van der Waals surface area contributed by atoms with E-state index in [-0.39, 0.29) is 18.1 Å². The number of carbonyl (C=O) groups excluding carboxylic acids is 2. The van der Waals surface area contributed by atoms with Gasteiger partial charge in [-0.15, -0.1) is 0 Å². The Bertz CT molecular complexity index is 490. The maximum Gasteiger partial charge on any atom is 0.311 e. The average molecular weight is 283 g/mol. The highest BCUT2D eigenvalue weighted by molar-refractivity contribution is 5.83. The summed E-state index contributed by atoms with van der Waals surface area (Å²) < 4.78 is 23.2. The second-order valence-electron chi connectivity index (χ2n) is 4.17. The third kappa shape index (κ3) is 4.53. The fourth-order valence-corrected chi connectivity index (χ4v) is 1.60. The standard InChI is InChI=1S/C14H18FNO4/c1-4-16-14(18)9(2)20-13(17)8-10-5-6-12(19-3)11(15)7-10/h5-7,9H,4,8H2,1-3H3,(H,16,18)/t9-/m0/s1. The topological polar surface area (TPSA) is 64.6 Å². The van der Waals surface area contributed by atoms with Gasteiger partial charge >= 0.3 is 5.97 Å². The van der Waals surface area contributed by atoms with E-state index < -0.39 is 17.9 Å². The van der Waals surface area contributed by atoms with E-state index in [1.807, 2.05) is 0 Å². The van der Waals surface area contributed by atoms with Gasteiger partial charge in [0.25, 0.3) is 5.91 Å². The first-order valence-electron chi connectivity index (χ1n) is 6.27. The molecule has 0 unspecified atom stereocenters. The van der Waals surface area contributed by atoms with Crippen LogP contribution in [-0.4, -0.2) is 31.6 Å². The summed E-state index contributed by atoms with van der Waals surface area (Å²) in [6.45, 7) is 3.72. The third-order valence-corrected chi connectivity index (χ3v) is 2.59. The van der Waals surface area contributed by atoms with Crippen LogP contribution < -0.4 is 10.1 Å². The molecule has 0 aliphatic heterocycles. The Hall–Kier alpha value is -2.11. The molecule has 0 fully saturated rings. The molecule has 0 aromatic heterocycles. The van der Waals surface area contributed by atoms with E-state index in [9.17, 15) is 14.0 Å². The molecule has 1 atom stereocenters. The Labute approximate surface area is 117 Å². The largest absolute Gasteiger partial charge is 0.494 e. The number of carbonyl (C=O) groups is 2. The number of hydrogen-bond donors (Lipinski definition) is 1. The van der Waals surface area contributed by atoms with Gasteiger partial charge in [0.2, 0.25) is 0 Å². The van der Waals surface area contributed by atoms with Crippen molar-refractivity contribution in [2.75, 3.05) is 13.7 Å². The average Bonchev–Trinajstić information content (AvgIpc) is 2.39. The van der Waals surface area contributed by atoms with Crippen molar-refractivity contribution in [2.45, 2.75) is 26.4 Å². The molecule has 5 nitrogen and oxygen atoms in total. The van der Waals surface area contributed by atoms with Gasteiger partial charge in [0, 0.05) is 6.54 Å². The van der Waals surface area contributed by atoms with Crippen molar-refractivity contribution >= 4 is 11.9 Å². The highest BCUT2D eigenvalue weighted by Gasteiger charge is 2.17. The fraction of sp³-hybridized carbons (Fsp3) is 0.429. The molecular weight excluding hydrogens is 265 g/mol. The SMILES string of the molecule is CCNC(=O)[C@H](C)OC(=O)Cc1ccc(OC)c(F)c1. The molecule has 1 aromatic carbocycles. The van der Waals surface area contributed by atoms with E-state index in [1.54, 1.807) is 13.0 Å². The molecule has 1 N–H and O–H groups in total. The molecule has 20 heavy (non-hydrogen) atoms. The number of esters is 1. The number of methoxy groups -OCH3 is 1. The Morgan fingerprint density at radius 3 is 2.65 bits per heavy atom. The zero-order valence-corrected chi connectivity index (χ0v) is 11.7. The molecule has 110 valence electrons. The van der Waals surface area contributed by atoms with Gasteiger partial charge in [0.15, 0.2) is 17.7 Å². The maximum atomic E-state index is 13.5. The van der Waals surface area contributed by atoms with Crippen molar-refractivity contribution in [3.8, 4) is 5.75 Å². The molecule has 1 rings (SSSR count). The van der Waals surface area contributed by atoms with Crippen LogP contribution in [0, 0.1) is 5.82 Å². The van der Waals surface area contributed by atoms with Crippen molar-refractivity contribution in [1.29, 1.82) is 0 Å². The van der Waals surface area contributed by atoms with Crippen LogP contribution in [0.4, 0.5) is 4.39 Å². The van der Waals surface area contributed by atoms with Crippen LogP contribution >= 0.6 is 0 Å². The molecule has 0 saturated carbocycles. The number of amides is 1. The van der Waals surface area contributed by atoms with Crippen LogP contribution in [0.25, 0.3) is 0 Å². The molecule has 0 radical (unpaired) electrons. The normalized spacial score (nSPS) is 11.6. The number of halogens is 1. The molecule has 0 heterocycles. The molecular formula is C14H18FNO4. The maximum absolute atomic E-state index is 13.5. The van der Waals surface area contributed by atoms with Crippen molar-refractivity contribution in [3.63, 3.8) is 0 Å². The number of benzene rings is 1. The van der Waals surface area contributed by atoms with Crippen LogP contribution in [-0.2, 0) is 20.7 Å². The van der Waals surface area contributed by atoms with E-state index in [1.165, 1.54) is 26.2 Å². The Morgan fingerprint density at radius 1 is 1.40 bits per heavy atom. The first-order chi connectivity index (χ1) is 9.47. The summed E-state index contributed by atoms with van der Waals surface area (Å²) in [7, 11) is 1.36. The van der Waals surface area contributed by atoms with Crippen LogP contribution in [0.15, 0.2) is 18.2 Å². The van der Waals surface area contributed by atoms with E-state index in [0.717, 1.165) is 0 Å². The predicted molar refractivity (Wildman–Crippen MR) is 70.9 cm³/mol. The third-order valence-electron chi connectivity index (χ3n) is 2.59. The molecule has 0 spiro atoms. The van der Waals surface area contributed by atoms with E-state index in [0.29, 0.717) is 12.1 Å². The Kier molecular flexibility index (Phi) is 5.96.